The highest BCUT2D eigenvalue weighted by atomic mass is 32.2. The Morgan fingerprint density at radius 2 is 1.88 bits per heavy atom. The maximum atomic E-state index is 13.6. The first-order valence-corrected chi connectivity index (χ1v) is 14.3. The summed E-state index contributed by atoms with van der Waals surface area (Å²) in [4.78, 5) is 21.2. The normalized spacial score (nSPS) is 23.6. The van der Waals surface area contributed by atoms with Crippen molar-refractivity contribution in [2.75, 3.05) is 26.2 Å². The minimum absolute atomic E-state index is 0.111. The third-order valence-corrected chi connectivity index (χ3v) is 10.6. The molecule has 1 atom stereocenters. The topological polar surface area (TPSA) is 96.6 Å². The predicted molar refractivity (Wildman–Crippen MR) is 125 cm³/mol. The van der Waals surface area contributed by atoms with Gasteiger partial charge in [-0.15, -0.1) is 11.3 Å². The highest BCUT2D eigenvalue weighted by Crippen LogP contribution is 2.38. The summed E-state index contributed by atoms with van der Waals surface area (Å²) < 4.78 is 34.0. The molecule has 8 nitrogen and oxygen atoms in total. The fourth-order valence-corrected chi connectivity index (χ4v) is 7.99. The second-order valence-electron chi connectivity index (χ2n) is 9.83. The van der Waals surface area contributed by atoms with Crippen LogP contribution < -0.4 is 0 Å². The number of aryl methyl sites for hydroxylation is 1. The monoisotopic (exact) mass is 492 g/mol. The van der Waals surface area contributed by atoms with Crippen LogP contribution in [0.3, 0.4) is 0 Å². The van der Waals surface area contributed by atoms with Gasteiger partial charge in [0.25, 0.3) is 0 Å². The molecule has 0 bridgehead atoms. The van der Waals surface area contributed by atoms with E-state index in [0.29, 0.717) is 46.3 Å². The summed E-state index contributed by atoms with van der Waals surface area (Å²) in [6.45, 7) is 6.30. The second kappa shape index (κ2) is 9.11. The van der Waals surface area contributed by atoms with Crippen LogP contribution in [0.2, 0.25) is 0 Å². The minimum Gasteiger partial charge on any atom is -0.342 e. The van der Waals surface area contributed by atoms with Gasteiger partial charge in [-0.25, -0.2) is 8.42 Å². The van der Waals surface area contributed by atoms with Gasteiger partial charge in [0, 0.05) is 37.0 Å². The summed E-state index contributed by atoms with van der Waals surface area (Å²) >= 11 is 1.37. The lowest BCUT2D eigenvalue weighted by molar-refractivity contribution is -0.138. The van der Waals surface area contributed by atoms with E-state index in [-0.39, 0.29) is 23.3 Å². The lowest BCUT2D eigenvalue weighted by atomic mass is 9.85. The zero-order valence-electron chi connectivity index (χ0n) is 19.3. The van der Waals surface area contributed by atoms with Crippen LogP contribution in [0.25, 0.3) is 10.7 Å². The predicted octanol–water partition coefficient (Wildman–Crippen LogP) is 4.03. The Kier molecular flexibility index (Phi) is 6.35. The molecular weight excluding hydrogens is 460 g/mol. The molecule has 3 fully saturated rings. The molecule has 1 aliphatic carbocycles. The largest absolute Gasteiger partial charge is 0.342 e. The lowest BCUT2D eigenvalue weighted by Gasteiger charge is -2.36. The first-order chi connectivity index (χ1) is 15.8. The standard InChI is InChI=1S/C23H32N4O4S2/c1-15-8-11-26(12-9-15)23(28)18-7-4-10-27(14-18)33(29,30)20-13-19(32-16(20)2)21-24-22(31-25-21)17-5-3-6-17/h13,15,17-18H,3-12,14H2,1-2H3. The number of rotatable bonds is 5. The lowest BCUT2D eigenvalue weighted by Crippen LogP contribution is -2.48. The van der Waals surface area contributed by atoms with Crippen molar-refractivity contribution < 1.29 is 17.7 Å². The molecule has 0 spiro atoms. The molecule has 0 N–H and O–H groups in total. The van der Waals surface area contributed by atoms with Crippen LogP contribution in [0.15, 0.2) is 15.5 Å². The van der Waals surface area contributed by atoms with E-state index >= 15 is 0 Å². The third kappa shape index (κ3) is 4.49. The number of sulfonamides is 1. The van der Waals surface area contributed by atoms with Crippen LogP contribution in [-0.4, -0.2) is 59.8 Å². The molecule has 180 valence electrons. The molecule has 33 heavy (non-hydrogen) atoms. The van der Waals surface area contributed by atoms with E-state index in [1.54, 1.807) is 6.07 Å². The van der Waals surface area contributed by atoms with Gasteiger partial charge >= 0.3 is 0 Å². The molecule has 2 saturated heterocycles. The molecular formula is C23H32N4O4S2. The minimum atomic E-state index is -3.70. The molecule has 2 aromatic rings. The van der Waals surface area contributed by atoms with E-state index in [2.05, 4.69) is 17.1 Å². The van der Waals surface area contributed by atoms with Crippen molar-refractivity contribution in [3.8, 4) is 10.7 Å². The fraction of sp³-hybridized carbons (Fsp3) is 0.696. The SMILES string of the molecule is Cc1sc(-c2noc(C3CCC3)n2)cc1S(=O)(=O)N1CCCC(C(=O)N2CCC(C)CC2)C1. The number of likely N-dealkylation sites (tertiary alicyclic amines) is 1. The van der Waals surface area contributed by atoms with Crippen molar-refractivity contribution in [3.05, 3.63) is 16.8 Å². The molecule has 0 radical (unpaired) electrons. The smallest absolute Gasteiger partial charge is 0.244 e. The zero-order chi connectivity index (χ0) is 23.2. The Morgan fingerprint density at radius 3 is 2.58 bits per heavy atom. The highest BCUT2D eigenvalue weighted by molar-refractivity contribution is 7.89. The van der Waals surface area contributed by atoms with Gasteiger partial charge in [-0.3, -0.25) is 4.79 Å². The van der Waals surface area contributed by atoms with E-state index in [1.165, 1.54) is 22.1 Å². The van der Waals surface area contributed by atoms with Gasteiger partial charge < -0.3 is 9.42 Å². The number of aromatic nitrogens is 2. The molecule has 1 unspecified atom stereocenters. The Labute approximate surface area is 199 Å². The van der Waals surface area contributed by atoms with Gasteiger partial charge in [-0.05, 0) is 57.4 Å². The van der Waals surface area contributed by atoms with Crippen LogP contribution in [0.5, 0.6) is 0 Å². The molecule has 0 aromatic carbocycles. The summed E-state index contributed by atoms with van der Waals surface area (Å²) in [7, 11) is -3.70. The van der Waals surface area contributed by atoms with E-state index < -0.39 is 10.0 Å². The van der Waals surface area contributed by atoms with Crippen LogP contribution in [0.4, 0.5) is 0 Å². The Bertz CT molecular complexity index is 1110. The number of hydrogen-bond acceptors (Lipinski definition) is 7. The Hall–Kier alpha value is -1.78. The van der Waals surface area contributed by atoms with Crippen LogP contribution >= 0.6 is 11.3 Å². The number of piperidine rings is 2. The molecule has 1 saturated carbocycles. The quantitative estimate of drug-likeness (QED) is 0.625. The van der Waals surface area contributed by atoms with Crippen molar-refractivity contribution in [2.45, 2.75) is 69.6 Å². The van der Waals surface area contributed by atoms with Crippen molar-refractivity contribution in [1.82, 2.24) is 19.3 Å². The van der Waals surface area contributed by atoms with E-state index in [1.807, 2.05) is 11.8 Å². The molecule has 3 aliphatic rings. The van der Waals surface area contributed by atoms with Gasteiger partial charge in [0.15, 0.2) is 0 Å². The van der Waals surface area contributed by atoms with E-state index in [0.717, 1.165) is 45.2 Å². The summed E-state index contributed by atoms with van der Waals surface area (Å²) in [5.41, 5.74) is 0. The van der Waals surface area contributed by atoms with Crippen molar-refractivity contribution in [3.63, 3.8) is 0 Å². The van der Waals surface area contributed by atoms with Crippen LogP contribution in [0, 0.1) is 18.8 Å². The van der Waals surface area contributed by atoms with Crippen LogP contribution in [0.1, 0.15) is 68.6 Å². The molecule has 2 aliphatic heterocycles. The average molecular weight is 493 g/mol. The van der Waals surface area contributed by atoms with Gasteiger partial charge in [0.2, 0.25) is 27.6 Å². The number of thiophene rings is 1. The van der Waals surface area contributed by atoms with Gasteiger partial charge in [0.1, 0.15) is 0 Å². The van der Waals surface area contributed by atoms with Crippen molar-refractivity contribution >= 4 is 27.3 Å². The fourth-order valence-electron chi connectivity index (χ4n) is 4.98. The first-order valence-electron chi connectivity index (χ1n) is 12.1. The van der Waals surface area contributed by atoms with Gasteiger partial charge in [-0.1, -0.05) is 18.5 Å². The maximum absolute atomic E-state index is 13.6. The highest BCUT2D eigenvalue weighted by Gasteiger charge is 2.37. The first kappa shape index (κ1) is 23.0. The molecule has 10 heteroatoms. The van der Waals surface area contributed by atoms with E-state index in [9.17, 15) is 13.2 Å². The molecule has 4 heterocycles. The molecule has 5 rings (SSSR count). The molecule has 2 aromatic heterocycles. The number of hydrogen-bond donors (Lipinski definition) is 0. The van der Waals surface area contributed by atoms with Crippen molar-refractivity contribution in [2.24, 2.45) is 11.8 Å². The number of carbonyl (C=O) groups is 1. The van der Waals surface area contributed by atoms with E-state index in [4.69, 9.17) is 4.52 Å². The van der Waals surface area contributed by atoms with Crippen molar-refractivity contribution in [1.29, 1.82) is 0 Å². The number of carbonyl (C=O) groups excluding carboxylic acids is 1. The Morgan fingerprint density at radius 1 is 1.12 bits per heavy atom. The number of nitrogens with zero attached hydrogens (tertiary/aromatic N) is 4. The summed E-state index contributed by atoms with van der Waals surface area (Å²) in [5, 5.41) is 4.10. The zero-order valence-corrected chi connectivity index (χ0v) is 21.0. The van der Waals surface area contributed by atoms with Gasteiger partial charge in [0.05, 0.1) is 15.7 Å². The van der Waals surface area contributed by atoms with Crippen LogP contribution in [-0.2, 0) is 14.8 Å². The third-order valence-electron chi connectivity index (χ3n) is 7.44. The number of amides is 1. The second-order valence-corrected chi connectivity index (χ2v) is 13.0. The summed E-state index contributed by atoms with van der Waals surface area (Å²) in [6, 6.07) is 1.67. The summed E-state index contributed by atoms with van der Waals surface area (Å²) in [6.07, 6.45) is 6.81. The molecule has 1 amide bonds. The average Bonchev–Trinajstić information content (AvgIpc) is 3.40. The maximum Gasteiger partial charge on any atom is 0.244 e. The van der Waals surface area contributed by atoms with Gasteiger partial charge in [-0.2, -0.15) is 9.29 Å². The Balaban J connectivity index is 1.31. The summed E-state index contributed by atoms with van der Waals surface area (Å²) in [5.74, 6) is 1.94.